The molecule has 1 atom stereocenters. The lowest BCUT2D eigenvalue weighted by Crippen LogP contribution is -2.47. The Morgan fingerprint density at radius 1 is 1.24 bits per heavy atom. The second-order valence-corrected chi connectivity index (χ2v) is 5.58. The van der Waals surface area contributed by atoms with Crippen LogP contribution in [0.1, 0.15) is 36.5 Å². The lowest BCUT2D eigenvalue weighted by Gasteiger charge is -2.36. The zero-order valence-electron chi connectivity index (χ0n) is 12.8. The topological polar surface area (TPSA) is 49.4 Å². The van der Waals surface area contributed by atoms with Crippen molar-refractivity contribution >= 4 is 11.7 Å². The van der Waals surface area contributed by atoms with Crippen LogP contribution in [-0.4, -0.2) is 42.8 Å². The molecule has 1 N–H and O–H groups in total. The first-order valence-corrected chi connectivity index (χ1v) is 7.72. The highest BCUT2D eigenvalue weighted by atomic mass is 16.1. The summed E-state index contributed by atoms with van der Waals surface area (Å²) < 4.78 is 0. The summed E-state index contributed by atoms with van der Waals surface area (Å²) in [5.41, 5.74) is 0.776. The van der Waals surface area contributed by atoms with Crippen molar-refractivity contribution in [3.63, 3.8) is 0 Å². The smallest absolute Gasteiger partial charge is 0.222 e. The number of piperidine rings is 1. The van der Waals surface area contributed by atoms with Crippen molar-refractivity contribution in [2.75, 3.05) is 20.1 Å². The summed E-state index contributed by atoms with van der Waals surface area (Å²) in [4.78, 5) is 26.5. The van der Waals surface area contributed by atoms with Gasteiger partial charge in [-0.15, -0.1) is 0 Å². The molecule has 0 spiro atoms. The normalized spacial score (nSPS) is 18.2. The van der Waals surface area contributed by atoms with Crippen LogP contribution in [0.25, 0.3) is 0 Å². The van der Waals surface area contributed by atoms with E-state index >= 15 is 0 Å². The molecule has 0 aromatic heterocycles. The Kier molecular flexibility index (Phi) is 5.51. The fourth-order valence-corrected chi connectivity index (χ4v) is 3.08. The first kappa shape index (κ1) is 15.7. The number of Topliss-reactive ketones (excluding diaryl/α,β-unsaturated/α-hetero) is 1. The van der Waals surface area contributed by atoms with Crippen LogP contribution in [0.5, 0.6) is 0 Å². The quantitative estimate of drug-likeness (QED) is 0.844. The van der Waals surface area contributed by atoms with Crippen molar-refractivity contribution in [2.24, 2.45) is 5.92 Å². The van der Waals surface area contributed by atoms with Gasteiger partial charge in [0.05, 0.1) is 6.04 Å². The van der Waals surface area contributed by atoms with E-state index in [1.165, 1.54) is 0 Å². The number of nitrogens with one attached hydrogen (secondary N) is 1. The van der Waals surface area contributed by atoms with Crippen LogP contribution >= 0.6 is 0 Å². The number of amides is 1. The van der Waals surface area contributed by atoms with Gasteiger partial charge in [0.1, 0.15) is 0 Å². The molecule has 1 aromatic carbocycles. The molecule has 1 aliphatic heterocycles. The van der Waals surface area contributed by atoms with Crippen LogP contribution in [0, 0.1) is 5.92 Å². The van der Waals surface area contributed by atoms with Gasteiger partial charge in [0.15, 0.2) is 5.78 Å². The van der Waals surface area contributed by atoms with Crippen LogP contribution in [-0.2, 0) is 4.79 Å². The van der Waals surface area contributed by atoms with Crippen molar-refractivity contribution in [1.82, 2.24) is 10.2 Å². The van der Waals surface area contributed by atoms with Gasteiger partial charge in [-0.1, -0.05) is 37.3 Å². The zero-order valence-corrected chi connectivity index (χ0v) is 12.8. The number of benzene rings is 1. The van der Waals surface area contributed by atoms with E-state index < -0.39 is 0 Å². The van der Waals surface area contributed by atoms with Crippen LogP contribution in [0.4, 0.5) is 0 Å². The lowest BCUT2D eigenvalue weighted by atomic mass is 9.92. The number of hydrogen-bond acceptors (Lipinski definition) is 3. The number of nitrogens with zero attached hydrogens (tertiary/aromatic N) is 1. The second kappa shape index (κ2) is 7.36. The molecular weight excluding hydrogens is 264 g/mol. The third-order valence-electron chi connectivity index (χ3n) is 4.34. The number of hydrogen-bond donors (Lipinski definition) is 1. The Morgan fingerprint density at radius 3 is 2.38 bits per heavy atom. The minimum Gasteiger partial charge on any atom is -0.359 e. The van der Waals surface area contributed by atoms with Gasteiger partial charge in [0, 0.05) is 18.5 Å². The van der Waals surface area contributed by atoms with Gasteiger partial charge in [-0.2, -0.15) is 0 Å². The molecule has 0 radical (unpaired) electrons. The van der Waals surface area contributed by atoms with E-state index in [0.29, 0.717) is 0 Å². The van der Waals surface area contributed by atoms with Crippen molar-refractivity contribution < 1.29 is 9.59 Å². The minimum atomic E-state index is -0.0713. The molecule has 1 saturated heterocycles. The van der Waals surface area contributed by atoms with Gasteiger partial charge in [-0.05, 0) is 32.4 Å². The first-order chi connectivity index (χ1) is 10.2. The molecule has 1 fully saturated rings. The number of ketones is 1. The van der Waals surface area contributed by atoms with E-state index in [9.17, 15) is 9.59 Å². The number of carbonyl (C=O) groups is 2. The molecule has 2 rings (SSSR count). The maximum absolute atomic E-state index is 12.6. The number of likely N-dealkylation sites (tertiary alicyclic amines) is 1. The second-order valence-electron chi connectivity index (χ2n) is 5.58. The molecular formula is C17H24N2O2. The molecule has 0 aliphatic carbocycles. The summed E-state index contributed by atoms with van der Waals surface area (Å²) >= 11 is 0. The van der Waals surface area contributed by atoms with Crippen LogP contribution in [0.2, 0.25) is 0 Å². The third kappa shape index (κ3) is 3.70. The summed E-state index contributed by atoms with van der Waals surface area (Å²) in [6, 6.07) is 9.41. The molecule has 0 saturated carbocycles. The predicted octanol–water partition coefficient (Wildman–Crippen LogP) is 2.11. The summed E-state index contributed by atoms with van der Waals surface area (Å²) in [6.07, 6.45) is 2.47. The Labute approximate surface area is 126 Å². The minimum absolute atomic E-state index is 0.0713. The maximum atomic E-state index is 12.6. The van der Waals surface area contributed by atoms with E-state index in [-0.39, 0.29) is 23.7 Å². The van der Waals surface area contributed by atoms with Gasteiger partial charge < -0.3 is 5.32 Å². The average Bonchev–Trinajstić information content (AvgIpc) is 2.56. The van der Waals surface area contributed by atoms with E-state index in [4.69, 9.17) is 0 Å². The monoisotopic (exact) mass is 288 g/mol. The van der Waals surface area contributed by atoms with E-state index in [2.05, 4.69) is 17.1 Å². The zero-order chi connectivity index (χ0) is 15.2. The molecule has 1 aromatic rings. The molecule has 1 amide bonds. The Bertz CT molecular complexity index is 479. The van der Waals surface area contributed by atoms with Crippen molar-refractivity contribution in [3.8, 4) is 0 Å². The van der Waals surface area contributed by atoms with Crippen LogP contribution < -0.4 is 5.32 Å². The average molecular weight is 288 g/mol. The maximum Gasteiger partial charge on any atom is 0.222 e. The standard InChI is InChI=1S/C17H24N2O2/c1-3-15(16(20)13-7-5-4-6-8-13)19-11-9-14(10-12-19)17(21)18-2/h4-8,14-15H,3,9-12H2,1-2H3,(H,18,21). The van der Waals surface area contributed by atoms with E-state index in [1.807, 2.05) is 30.3 Å². The Balaban J connectivity index is 2.00. The highest BCUT2D eigenvalue weighted by molar-refractivity contribution is 6.00. The third-order valence-corrected chi connectivity index (χ3v) is 4.34. The van der Waals surface area contributed by atoms with Gasteiger partial charge in [0.2, 0.25) is 5.91 Å². The summed E-state index contributed by atoms with van der Waals surface area (Å²) in [6.45, 7) is 3.68. The Hall–Kier alpha value is -1.68. The summed E-state index contributed by atoms with van der Waals surface area (Å²) in [7, 11) is 1.68. The highest BCUT2D eigenvalue weighted by Gasteiger charge is 2.31. The molecule has 4 heteroatoms. The SMILES string of the molecule is CCC(C(=O)c1ccccc1)N1CCC(C(=O)NC)CC1. The summed E-state index contributed by atoms with van der Waals surface area (Å²) in [5.74, 6) is 0.407. The van der Waals surface area contributed by atoms with Crippen molar-refractivity contribution in [2.45, 2.75) is 32.2 Å². The molecule has 114 valence electrons. The van der Waals surface area contributed by atoms with Gasteiger partial charge in [0.25, 0.3) is 0 Å². The molecule has 0 bridgehead atoms. The van der Waals surface area contributed by atoms with Crippen molar-refractivity contribution in [3.05, 3.63) is 35.9 Å². The fraction of sp³-hybridized carbons (Fsp3) is 0.529. The lowest BCUT2D eigenvalue weighted by molar-refractivity contribution is -0.126. The van der Waals surface area contributed by atoms with E-state index in [0.717, 1.165) is 37.9 Å². The summed E-state index contributed by atoms with van der Waals surface area (Å²) in [5, 5.41) is 2.72. The highest BCUT2D eigenvalue weighted by Crippen LogP contribution is 2.22. The number of carbonyl (C=O) groups excluding carboxylic acids is 2. The molecule has 1 unspecified atom stereocenters. The molecule has 4 nitrogen and oxygen atoms in total. The molecule has 1 heterocycles. The molecule has 1 aliphatic rings. The Morgan fingerprint density at radius 2 is 1.86 bits per heavy atom. The number of rotatable bonds is 5. The van der Waals surface area contributed by atoms with Gasteiger partial charge in [-0.25, -0.2) is 0 Å². The van der Waals surface area contributed by atoms with Gasteiger partial charge >= 0.3 is 0 Å². The van der Waals surface area contributed by atoms with Crippen LogP contribution in [0.15, 0.2) is 30.3 Å². The first-order valence-electron chi connectivity index (χ1n) is 7.72. The fourth-order valence-electron chi connectivity index (χ4n) is 3.08. The van der Waals surface area contributed by atoms with Crippen molar-refractivity contribution in [1.29, 1.82) is 0 Å². The largest absolute Gasteiger partial charge is 0.359 e. The van der Waals surface area contributed by atoms with E-state index in [1.54, 1.807) is 7.05 Å². The van der Waals surface area contributed by atoms with Crippen LogP contribution in [0.3, 0.4) is 0 Å². The predicted molar refractivity (Wildman–Crippen MR) is 83.2 cm³/mol. The molecule has 21 heavy (non-hydrogen) atoms. The van der Waals surface area contributed by atoms with Gasteiger partial charge in [-0.3, -0.25) is 14.5 Å².